The third-order valence-electron chi connectivity index (χ3n) is 12.1. The second-order valence-corrected chi connectivity index (χ2v) is 20.9. The first kappa shape index (κ1) is 49.1. The molecule has 2 aliphatic rings. The Kier molecular flexibility index (Phi) is 15.1. The van der Waals surface area contributed by atoms with Crippen molar-refractivity contribution in [2.24, 2.45) is 5.41 Å². The van der Waals surface area contributed by atoms with E-state index in [0.717, 1.165) is 33.8 Å². The van der Waals surface area contributed by atoms with Crippen molar-refractivity contribution in [3.63, 3.8) is 0 Å². The van der Waals surface area contributed by atoms with E-state index >= 15 is 8.78 Å². The molecule has 5 aromatic rings. The molecule has 2 saturated heterocycles. The summed E-state index contributed by atoms with van der Waals surface area (Å²) in [5.74, 6) is -4.80. The molecule has 20 heteroatoms. The summed E-state index contributed by atoms with van der Waals surface area (Å²) in [4.78, 5) is 73.0. The van der Waals surface area contributed by atoms with Gasteiger partial charge < -0.3 is 30.5 Å². The predicted octanol–water partition coefficient (Wildman–Crippen LogP) is 5.37. The Balaban J connectivity index is 0.905. The number of fused-ring (bicyclic) bond motifs is 1. The van der Waals surface area contributed by atoms with Crippen LogP contribution in [0.15, 0.2) is 60.4 Å². The molecule has 0 radical (unpaired) electrons. The molecule has 5 heterocycles. The van der Waals surface area contributed by atoms with E-state index in [-0.39, 0.29) is 55.5 Å². The summed E-state index contributed by atoms with van der Waals surface area (Å²) in [6.45, 7) is 12.5. The molecule has 0 spiro atoms. The lowest BCUT2D eigenvalue weighted by Gasteiger charge is -2.36. The maximum atomic E-state index is 15.5. The molecule has 3 amide bonds. The quantitative estimate of drug-likeness (QED) is 0.0749. The van der Waals surface area contributed by atoms with Gasteiger partial charge in [-0.2, -0.15) is 0 Å². The molecule has 2 fully saturated rings. The summed E-state index contributed by atoms with van der Waals surface area (Å²) in [6, 6.07) is 9.52. The number of hydrogen-bond donors (Lipinski definition) is 5. The second kappa shape index (κ2) is 20.6. The third kappa shape index (κ3) is 11.5. The number of hydrogen-bond acceptors (Lipinski definition) is 12. The van der Waals surface area contributed by atoms with Crippen LogP contribution in [0.4, 0.5) is 20.2 Å². The first-order valence-electron chi connectivity index (χ1n) is 22.4. The number of sulfonamides is 1. The van der Waals surface area contributed by atoms with Crippen LogP contribution in [-0.2, 0) is 31.0 Å². The van der Waals surface area contributed by atoms with Crippen LogP contribution in [0, 0.1) is 24.0 Å². The standard InChI is InChI=1S/C47H57F2N9O7S2/c1-6-20-67(64,65)55-36-14-13-35(48)39(40(36)49)41(61)34-25-51-44-33(34)21-31(24-50-44)57-18-16-56(17-19-57)15-7-8-38(60)54-43(47(3,4)5)46(63)58-26-32(59)22-37(58)45(62)52-23-29-9-11-30(12-10-29)42-28(2)53-27-66-42/h9-14,21,24-25,27,32,37,43,55,59H,6-8,15-20,22-23,26H2,1-5H3,(H,50,51)(H,52,62)(H,54,60)/t32-,37+,43?/m1/s1. The minimum Gasteiger partial charge on any atom is -0.391 e. The van der Waals surface area contributed by atoms with Crippen LogP contribution >= 0.6 is 11.3 Å². The highest BCUT2D eigenvalue weighted by Crippen LogP contribution is 2.31. The predicted molar refractivity (Wildman–Crippen MR) is 253 cm³/mol. The molecule has 3 aromatic heterocycles. The zero-order valence-corrected chi connectivity index (χ0v) is 39.8. The second-order valence-electron chi connectivity index (χ2n) is 18.2. The number of nitrogens with one attached hydrogen (secondary N) is 4. The van der Waals surface area contributed by atoms with Gasteiger partial charge in [0.25, 0.3) is 0 Å². The number of carbonyl (C=O) groups excluding carboxylic acids is 4. The molecule has 67 heavy (non-hydrogen) atoms. The summed E-state index contributed by atoms with van der Waals surface area (Å²) in [5, 5.41) is 16.8. The van der Waals surface area contributed by atoms with E-state index in [1.807, 2.05) is 52.0 Å². The number of aromatic nitrogens is 3. The Morgan fingerprint density at radius 3 is 2.43 bits per heavy atom. The van der Waals surface area contributed by atoms with E-state index in [4.69, 9.17) is 0 Å². The number of aryl methyl sites for hydroxylation is 1. The Bertz CT molecular complexity index is 2730. The van der Waals surface area contributed by atoms with Crippen molar-refractivity contribution in [1.29, 1.82) is 0 Å². The van der Waals surface area contributed by atoms with Gasteiger partial charge in [-0.15, -0.1) is 11.3 Å². The molecule has 7 rings (SSSR count). The highest BCUT2D eigenvalue weighted by atomic mass is 32.2. The summed E-state index contributed by atoms with van der Waals surface area (Å²) in [5.41, 5.74) is 3.57. The summed E-state index contributed by atoms with van der Waals surface area (Å²) in [7, 11) is -3.91. The molecular weight excluding hydrogens is 905 g/mol. The zero-order chi connectivity index (χ0) is 48.2. The van der Waals surface area contributed by atoms with Gasteiger partial charge in [-0.25, -0.2) is 27.2 Å². The Hall–Kier alpha value is -5.83. The number of piperazine rings is 1. The molecule has 5 N–H and O–H groups in total. The molecule has 0 saturated carbocycles. The van der Waals surface area contributed by atoms with E-state index < -0.39 is 68.2 Å². The van der Waals surface area contributed by atoms with Crippen molar-refractivity contribution in [1.82, 2.24) is 35.4 Å². The first-order chi connectivity index (χ1) is 31.8. The lowest BCUT2D eigenvalue weighted by atomic mass is 9.85. The van der Waals surface area contributed by atoms with Crippen LogP contribution in [-0.4, -0.2) is 125 Å². The minimum absolute atomic E-state index is 0.0237. The third-order valence-corrected chi connectivity index (χ3v) is 14.6. The van der Waals surface area contributed by atoms with Gasteiger partial charge in [0.05, 0.1) is 51.1 Å². The molecule has 1 unspecified atom stereocenters. The van der Waals surface area contributed by atoms with Crippen LogP contribution in [0.2, 0.25) is 0 Å². The number of benzene rings is 2. The van der Waals surface area contributed by atoms with E-state index in [1.54, 1.807) is 36.0 Å². The number of aromatic amines is 1. The number of nitrogens with zero attached hydrogens (tertiary/aromatic N) is 5. The van der Waals surface area contributed by atoms with Crippen LogP contribution in [0.5, 0.6) is 0 Å². The number of H-pyrrole nitrogens is 1. The number of thiazole rings is 1. The van der Waals surface area contributed by atoms with E-state index in [9.17, 15) is 32.7 Å². The fourth-order valence-corrected chi connectivity index (χ4v) is 10.5. The molecule has 0 bridgehead atoms. The summed E-state index contributed by atoms with van der Waals surface area (Å²) >= 11 is 1.56. The smallest absolute Gasteiger partial charge is 0.246 e. The van der Waals surface area contributed by atoms with Crippen molar-refractivity contribution in [3.05, 3.63) is 94.4 Å². The maximum Gasteiger partial charge on any atom is 0.246 e. The van der Waals surface area contributed by atoms with Crippen molar-refractivity contribution in [2.75, 3.05) is 54.6 Å². The number of β-amino-alcohol motifs (C(OH)–C–C–N with tert-alkyl or cyclic N) is 1. The van der Waals surface area contributed by atoms with Gasteiger partial charge in [0.1, 0.15) is 23.5 Å². The fourth-order valence-electron chi connectivity index (χ4n) is 8.52. The highest BCUT2D eigenvalue weighted by molar-refractivity contribution is 7.92. The average molecular weight is 962 g/mol. The van der Waals surface area contributed by atoms with Crippen LogP contribution in [0.25, 0.3) is 21.5 Å². The SMILES string of the molecule is CCCS(=O)(=O)Nc1ccc(F)c(C(=O)c2c[nH]c3ncc(N4CCN(CCCC(=O)NC(C(=O)N5C[C@H](O)C[C@H]5C(=O)NCc5ccc(-c6scnc6C)cc5)C(C)(C)C)CC4)cc23)c1F. The largest absolute Gasteiger partial charge is 0.391 e. The molecule has 2 aromatic carbocycles. The topological polar surface area (TPSA) is 210 Å². The number of carbonyl (C=O) groups is 4. The van der Waals surface area contributed by atoms with Crippen LogP contribution in [0.3, 0.4) is 0 Å². The van der Waals surface area contributed by atoms with Crippen LogP contribution < -0.4 is 20.3 Å². The number of aliphatic hydroxyl groups excluding tert-OH is 1. The minimum atomic E-state index is -3.91. The Morgan fingerprint density at radius 1 is 1.03 bits per heavy atom. The molecule has 358 valence electrons. The van der Waals surface area contributed by atoms with E-state index in [1.165, 1.54) is 11.1 Å². The van der Waals surface area contributed by atoms with Gasteiger partial charge in [0.15, 0.2) is 5.82 Å². The lowest BCUT2D eigenvalue weighted by Crippen LogP contribution is -2.57. The molecule has 0 aliphatic carbocycles. The number of anilines is 2. The Morgan fingerprint density at radius 2 is 1.76 bits per heavy atom. The summed E-state index contributed by atoms with van der Waals surface area (Å²) in [6.07, 6.45) is 3.13. The molecule has 16 nitrogen and oxygen atoms in total. The van der Waals surface area contributed by atoms with Gasteiger partial charge in [-0.1, -0.05) is 52.0 Å². The maximum absolute atomic E-state index is 15.5. The van der Waals surface area contributed by atoms with Crippen molar-refractivity contribution in [3.8, 4) is 10.4 Å². The monoisotopic (exact) mass is 961 g/mol. The molecule has 2 aliphatic heterocycles. The molecule has 3 atom stereocenters. The van der Waals surface area contributed by atoms with Gasteiger partial charge >= 0.3 is 0 Å². The molecular formula is C47H57F2N9O7S2. The van der Waals surface area contributed by atoms with Gasteiger partial charge in [0.2, 0.25) is 33.5 Å². The zero-order valence-electron chi connectivity index (χ0n) is 38.2. The van der Waals surface area contributed by atoms with E-state index in [2.05, 4.69) is 40.1 Å². The van der Waals surface area contributed by atoms with Gasteiger partial charge in [-0.3, -0.25) is 28.8 Å². The van der Waals surface area contributed by atoms with E-state index in [0.29, 0.717) is 55.9 Å². The average Bonchev–Trinajstić information content (AvgIpc) is 4.03. The number of aliphatic hydroxyl groups is 1. The Labute approximate surface area is 392 Å². The number of amides is 3. The highest BCUT2D eigenvalue weighted by Gasteiger charge is 2.44. The van der Waals surface area contributed by atoms with Gasteiger partial charge in [0, 0.05) is 69.3 Å². The number of ketones is 1. The number of rotatable bonds is 17. The number of likely N-dealkylation sites (tertiary alicyclic amines) is 1. The lowest BCUT2D eigenvalue weighted by molar-refractivity contribution is -0.144. The van der Waals surface area contributed by atoms with Gasteiger partial charge in [-0.05, 0) is 61.1 Å². The number of pyridine rings is 1. The van der Waals surface area contributed by atoms with Crippen molar-refractivity contribution >= 4 is 67.3 Å². The van der Waals surface area contributed by atoms with Crippen molar-refractivity contribution in [2.45, 2.75) is 85.0 Å². The number of halogens is 2. The van der Waals surface area contributed by atoms with Crippen LogP contribution in [0.1, 0.15) is 80.6 Å². The normalized spacial score (nSPS) is 17.4. The fraction of sp³-hybridized carbons (Fsp3) is 0.447. The van der Waals surface area contributed by atoms with Crippen molar-refractivity contribution < 1.29 is 41.5 Å². The first-order valence-corrected chi connectivity index (χ1v) is 24.9. The summed E-state index contributed by atoms with van der Waals surface area (Å²) < 4.78 is 57.3.